The fourth-order valence-corrected chi connectivity index (χ4v) is 2.75. The van der Waals surface area contributed by atoms with E-state index in [9.17, 15) is 0 Å². The van der Waals surface area contributed by atoms with Crippen LogP contribution in [0, 0.1) is 25.2 Å². The molecule has 0 aliphatic heterocycles. The van der Waals surface area contributed by atoms with Crippen molar-refractivity contribution in [2.45, 2.75) is 20.3 Å². The summed E-state index contributed by atoms with van der Waals surface area (Å²) in [5.74, 6) is 0. The Morgan fingerprint density at radius 2 is 2.17 bits per heavy atom. The molecule has 2 rings (SSSR count). The molecule has 0 saturated carbocycles. The number of aromatic nitrogens is 2. The molecule has 1 heterocycles. The first-order valence-electron chi connectivity index (χ1n) is 5.42. The van der Waals surface area contributed by atoms with Gasteiger partial charge in [0.2, 0.25) is 0 Å². The normalized spacial score (nSPS) is 10.4. The van der Waals surface area contributed by atoms with Crippen LogP contribution >= 0.6 is 27.5 Å². The highest BCUT2D eigenvalue weighted by Gasteiger charge is 2.15. The minimum absolute atomic E-state index is 0.346. The van der Waals surface area contributed by atoms with E-state index in [-0.39, 0.29) is 0 Å². The lowest BCUT2D eigenvalue weighted by Gasteiger charge is -2.07. The highest BCUT2D eigenvalue weighted by atomic mass is 79.9. The number of aryl methyl sites for hydroxylation is 2. The van der Waals surface area contributed by atoms with E-state index in [0.29, 0.717) is 11.4 Å². The first-order chi connectivity index (χ1) is 8.54. The monoisotopic (exact) mass is 323 g/mol. The van der Waals surface area contributed by atoms with Gasteiger partial charge < -0.3 is 0 Å². The lowest BCUT2D eigenvalue weighted by molar-refractivity contribution is 0.839. The standard InChI is InChI=1S/C13H11BrClN3/c1-8-7-10(15)3-4-12(8)18-13(14)11(5-6-16)9(2)17-18/h3-4,7H,5H2,1-2H3. The predicted octanol–water partition coefficient (Wildman–Crippen LogP) is 3.97. The van der Waals surface area contributed by atoms with Gasteiger partial charge in [-0.15, -0.1) is 0 Å². The number of hydrogen-bond acceptors (Lipinski definition) is 2. The number of nitriles is 1. The number of hydrogen-bond donors (Lipinski definition) is 0. The van der Waals surface area contributed by atoms with E-state index in [2.05, 4.69) is 27.1 Å². The van der Waals surface area contributed by atoms with Crippen LogP contribution in [0.4, 0.5) is 0 Å². The number of benzene rings is 1. The summed E-state index contributed by atoms with van der Waals surface area (Å²) in [6, 6.07) is 7.80. The van der Waals surface area contributed by atoms with Crippen LogP contribution in [0.15, 0.2) is 22.8 Å². The third-order valence-corrected chi connectivity index (χ3v) is 3.81. The van der Waals surface area contributed by atoms with Gasteiger partial charge in [-0.3, -0.25) is 0 Å². The average molecular weight is 325 g/mol. The highest BCUT2D eigenvalue weighted by molar-refractivity contribution is 9.10. The predicted molar refractivity (Wildman–Crippen MR) is 75.1 cm³/mol. The molecule has 0 N–H and O–H groups in total. The van der Waals surface area contributed by atoms with E-state index in [0.717, 1.165) is 27.1 Å². The summed E-state index contributed by atoms with van der Waals surface area (Å²) in [5, 5.41) is 14.0. The Bertz CT molecular complexity index is 640. The van der Waals surface area contributed by atoms with Crippen LogP contribution in [-0.4, -0.2) is 9.78 Å². The van der Waals surface area contributed by atoms with Gasteiger partial charge in [-0.25, -0.2) is 4.68 Å². The minimum Gasteiger partial charge on any atom is -0.226 e. The summed E-state index contributed by atoms with van der Waals surface area (Å²) < 4.78 is 2.63. The Balaban J connectivity index is 2.58. The largest absolute Gasteiger partial charge is 0.226 e. The summed E-state index contributed by atoms with van der Waals surface area (Å²) in [6.07, 6.45) is 0.346. The maximum Gasteiger partial charge on any atom is 0.114 e. The van der Waals surface area contributed by atoms with Crippen molar-refractivity contribution in [3.8, 4) is 11.8 Å². The Labute approximate surface area is 119 Å². The van der Waals surface area contributed by atoms with Gasteiger partial charge in [0.1, 0.15) is 4.60 Å². The van der Waals surface area contributed by atoms with Gasteiger partial charge in [0, 0.05) is 10.6 Å². The first-order valence-corrected chi connectivity index (χ1v) is 6.59. The average Bonchev–Trinajstić information content (AvgIpc) is 2.58. The Morgan fingerprint density at radius 3 is 2.78 bits per heavy atom. The zero-order chi connectivity index (χ0) is 13.3. The van der Waals surface area contributed by atoms with Crippen molar-refractivity contribution < 1.29 is 0 Å². The van der Waals surface area contributed by atoms with Crippen LogP contribution in [0.3, 0.4) is 0 Å². The minimum atomic E-state index is 0.346. The van der Waals surface area contributed by atoms with E-state index in [1.54, 1.807) is 4.68 Å². The van der Waals surface area contributed by atoms with Crippen LogP contribution < -0.4 is 0 Å². The topological polar surface area (TPSA) is 41.6 Å². The molecule has 5 heteroatoms. The molecule has 0 atom stereocenters. The van der Waals surface area contributed by atoms with Crippen molar-refractivity contribution in [1.29, 1.82) is 5.26 Å². The molecule has 0 aliphatic rings. The van der Waals surface area contributed by atoms with Crippen LogP contribution in [0.1, 0.15) is 16.8 Å². The Kier molecular flexibility index (Phi) is 3.74. The molecule has 0 radical (unpaired) electrons. The molecule has 18 heavy (non-hydrogen) atoms. The Hall–Kier alpha value is -1.31. The Morgan fingerprint density at radius 1 is 1.44 bits per heavy atom. The quantitative estimate of drug-likeness (QED) is 0.838. The third kappa shape index (κ3) is 2.29. The molecule has 0 aliphatic carbocycles. The molecular formula is C13H11BrClN3. The fourth-order valence-electron chi connectivity index (χ4n) is 1.83. The van der Waals surface area contributed by atoms with E-state index >= 15 is 0 Å². The number of halogens is 2. The molecule has 1 aromatic carbocycles. The fraction of sp³-hybridized carbons (Fsp3) is 0.231. The van der Waals surface area contributed by atoms with Crippen LogP contribution in [0.5, 0.6) is 0 Å². The van der Waals surface area contributed by atoms with Gasteiger partial charge >= 0.3 is 0 Å². The van der Waals surface area contributed by atoms with Crippen molar-refractivity contribution in [1.82, 2.24) is 9.78 Å². The molecule has 92 valence electrons. The maximum atomic E-state index is 8.81. The van der Waals surface area contributed by atoms with Gasteiger partial charge in [-0.1, -0.05) is 11.6 Å². The highest BCUT2D eigenvalue weighted by Crippen LogP contribution is 2.27. The first kappa shape index (κ1) is 13.1. The maximum absolute atomic E-state index is 8.81. The molecular weight excluding hydrogens is 314 g/mol. The van der Waals surface area contributed by atoms with Crippen molar-refractivity contribution in [3.05, 3.63) is 44.6 Å². The second-order valence-electron chi connectivity index (χ2n) is 4.03. The SMILES string of the molecule is Cc1cc(Cl)ccc1-n1nc(C)c(CC#N)c1Br. The molecule has 1 aromatic heterocycles. The zero-order valence-electron chi connectivity index (χ0n) is 10.0. The van der Waals surface area contributed by atoms with E-state index in [4.69, 9.17) is 16.9 Å². The zero-order valence-corrected chi connectivity index (χ0v) is 12.4. The molecule has 3 nitrogen and oxygen atoms in total. The van der Waals surface area contributed by atoms with Gasteiger partial charge in [0.25, 0.3) is 0 Å². The van der Waals surface area contributed by atoms with E-state index in [1.165, 1.54) is 0 Å². The van der Waals surface area contributed by atoms with Gasteiger partial charge in [-0.2, -0.15) is 10.4 Å². The van der Waals surface area contributed by atoms with Gasteiger partial charge in [0.05, 0.1) is 23.9 Å². The van der Waals surface area contributed by atoms with Crippen LogP contribution in [-0.2, 0) is 6.42 Å². The smallest absolute Gasteiger partial charge is 0.114 e. The third-order valence-electron chi connectivity index (χ3n) is 2.76. The molecule has 0 unspecified atom stereocenters. The summed E-state index contributed by atoms with van der Waals surface area (Å²) >= 11 is 9.45. The second-order valence-corrected chi connectivity index (χ2v) is 5.22. The van der Waals surface area contributed by atoms with Crippen LogP contribution in [0.2, 0.25) is 5.02 Å². The van der Waals surface area contributed by atoms with Crippen molar-refractivity contribution >= 4 is 27.5 Å². The van der Waals surface area contributed by atoms with E-state index < -0.39 is 0 Å². The molecule has 0 fully saturated rings. The number of rotatable bonds is 2. The molecule has 0 spiro atoms. The lowest BCUT2D eigenvalue weighted by Crippen LogP contribution is -1.99. The van der Waals surface area contributed by atoms with Crippen molar-refractivity contribution in [2.24, 2.45) is 0 Å². The second kappa shape index (κ2) is 5.13. The van der Waals surface area contributed by atoms with E-state index in [1.807, 2.05) is 32.0 Å². The summed E-state index contributed by atoms with van der Waals surface area (Å²) in [6.45, 7) is 3.88. The number of nitrogens with zero attached hydrogens (tertiary/aromatic N) is 3. The summed E-state index contributed by atoms with van der Waals surface area (Å²) in [4.78, 5) is 0. The van der Waals surface area contributed by atoms with Crippen molar-refractivity contribution in [3.63, 3.8) is 0 Å². The molecule has 0 saturated heterocycles. The summed E-state index contributed by atoms with van der Waals surface area (Å²) in [5.41, 5.74) is 3.78. The molecule has 0 bridgehead atoms. The molecule has 2 aromatic rings. The van der Waals surface area contributed by atoms with Crippen LogP contribution in [0.25, 0.3) is 5.69 Å². The summed E-state index contributed by atoms with van der Waals surface area (Å²) in [7, 11) is 0. The van der Waals surface area contributed by atoms with Gasteiger partial charge in [0.15, 0.2) is 0 Å². The van der Waals surface area contributed by atoms with Gasteiger partial charge in [-0.05, 0) is 53.5 Å². The van der Waals surface area contributed by atoms with Crippen molar-refractivity contribution in [2.75, 3.05) is 0 Å². The lowest BCUT2D eigenvalue weighted by atomic mass is 10.2. The molecule has 0 amide bonds.